The number of rotatable bonds is 4. The standard InChI is InChI=1S/C11H13N3O2/c12-6-5-10(11(15)16)14-7-13-8-3-1-2-4-9(8)14/h1-4,7,10H,5-6,12H2,(H,15,16). The second kappa shape index (κ2) is 4.32. The maximum atomic E-state index is 11.1. The van der Waals surface area contributed by atoms with E-state index in [-0.39, 0.29) is 0 Å². The molecule has 1 atom stereocenters. The van der Waals surface area contributed by atoms with Crippen molar-refractivity contribution in [2.24, 2.45) is 5.73 Å². The minimum Gasteiger partial charge on any atom is -0.480 e. The number of benzene rings is 1. The van der Waals surface area contributed by atoms with Crippen LogP contribution >= 0.6 is 0 Å². The van der Waals surface area contributed by atoms with Crippen LogP contribution in [0, 0.1) is 0 Å². The van der Waals surface area contributed by atoms with E-state index in [9.17, 15) is 4.79 Å². The van der Waals surface area contributed by atoms with Crippen LogP contribution < -0.4 is 5.73 Å². The number of aromatic nitrogens is 2. The average Bonchev–Trinajstić information content (AvgIpc) is 2.69. The summed E-state index contributed by atoms with van der Waals surface area (Å²) in [5.41, 5.74) is 7.04. The third-order valence-electron chi connectivity index (χ3n) is 2.54. The van der Waals surface area contributed by atoms with Crippen molar-refractivity contribution in [3.63, 3.8) is 0 Å². The summed E-state index contributed by atoms with van der Waals surface area (Å²) in [6.07, 6.45) is 1.95. The van der Waals surface area contributed by atoms with Gasteiger partial charge in [-0.15, -0.1) is 0 Å². The Balaban J connectivity index is 2.48. The molecule has 0 fully saturated rings. The maximum Gasteiger partial charge on any atom is 0.326 e. The fourth-order valence-corrected chi connectivity index (χ4v) is 1.77. The van der Waals surface area contributed by atoms with E-state index in [1.807, 2.05) is 24.3 Å². The van der Waals surface area contributed by atoms with Gasteiger partial charge in [0.25, 0.3) is 0 Å². The Bertz CT molecular complexity index is 507. The monoisotopic (exact) mass is 219 g/mol. The molecule has 5 nitrogen and oxygen atoms in total. The van der Waals surface area contributed by atoms with Crippen LogP contribution in [0.15, 0.2) is 30.6 Å². The van der Waals surface area contributed by atoms with Crippen molar-refractivity contribution in [2.75, 3.05) is 6.54 Å². The van der Waals surface area contributed by atoms with Crippen molar-refractivity contribution in [3.05, 3.63) is 30.6 Å². The van der Waals surface area contributed by atoms with Gasteiger partial charge in [0.05, 0.1) is 17.4 Å². The van der Waals surface area contributed by atoms with Gasteiger partial charge in [0, 0.05) is 0 Å². The van der Waals surface area contributed by atoms with Gasteiger partial charge >= 0.3 is 5.97 Å². The summed E-state index contributed by atoms with van der Waals surface area (Å²) < 4.78 is 1.66. The first-order valence-electron chi connectivity index (χ1n) is 5.08. The van der Waals surface area contributed by atoms with Crippen LogP contribution in [-0.2, 0) is 4.79 Å². The lowest BCUT2D eigenvalue weighted by atomic mass is 10.2. The van der Waals surface area contributed by atoms with Gasteiger partial charge in [-0.3, -0.25) is 0 Å². The molecule has 16 heavy (non-hydrogen) atoms. The Kier molecular flexibility index (Phi) is 2.87. The Morgan fingerprint density at radius 1 is 1.50 bits per heavy atom. The predicted molar refractivity (Wildman–Crippen MR) is 60.1 cm³/mol. The molecule has 0 aliphatic rings. The molecule has 5 heteroatoms. The van der Waals surface area contributed by atoms with Crippen LogP contribution in [0.2, 0.25) is 0 Å². The van der Waals surface area contributed by atoms with Crippen LogP contribution in [0.25, 0.3) is 11.0 Å². The molecule has 0 radical (unpaired) electrons. The highest BCUT2D eigenvalue weighted by molar-refractivity contribution is 5.79. The number of nitrogens with zero attached hydrogens (tertiary/aromatic N) is 2. The molecule has 0 amide bonds. The number of fused-ring (bicyclic) bond motifs is 1. The lowest BCUT2D eigenvalue weighted by Gasteiger charge is -2.13. The normalized spacial score (nSPS) is 12.8. The van der Waals surface area contributed by atoms with Crippen LogP contribution in [0.4, 0.5) is 0 Å². The maximum absolute atomic E-state index is 11.1. The number of para-hydroxylation sites is 2. The van der Waals surface area contributed by atoms with Crippen LogP contribution in [0.5, 0.6) is 0 Å². The summed E-state index contributed by atoms with van der Waals surface area (Å²) in [6, 6.07) is 6.81. The molecule has 0 saturated carbocycles. The molecule has 0 bridgehead atoms. The van der Waals surface area contributed by atoms with Gasteiger partial charge in [0.1, 0.15) is 6.04 Å². The highest BCUT2D eigenvalue weighted by Crippen LogP contribution is 2.19. The van der Waals surface area contributed by atoms with Gasteiger partial charge < -0.3 is 15.4 Å². The third-order valence-corrected chi connectivity index (χ3v) is 2.54. The highest BCUT2D eigenvalue weighted by Gasteiger charge is 2.20. The van der Waals surface area contributed by atoms with Gasteiger partial charge in [0.2, 0.25) is 0 Å². The number of carboxylic acids is 1. The lowest BCUT2D eigenvalue weighted by Crippen LogP contribution is -2.21. The van der Waals surface area contributed by atoms with Crippen LogP contribution in [0.3, 0.4) is 0 Å². The molecule has 2 aromatic rings. The summed E-state index contributed by atoms with van der Waals surface area (Å²) >= 11 is 0. The van der Waals surface area contributed by atoms with Crippen molar-refractivity contribution in [3.8, 4) is 0 Å². The number of carbonyl (C=O) groups is 1. The summed E-state index contributed by atoms with van der Waals surface area (Å²) in [6.45, 7) is 0.337. The molecule has 0 spiro atoms. The molecule has 0 saturated heterocycles. The molecule has 1 unspecified atom stereocenters. The van der Waals surface area contributed by atoms with Gasteiger partial charge in [-0.25, -0.2) is 9.78 Å². The lowest BCUT2D eigenvalue weighted by molar-refractivity contribution is -0.140. The molecule has 0 aliphatic heterocycles. The Labute approximate surface area is 92.5 Å². The van der Waals surface area contributed by atoms with E-state index in [2.05, 4.69) is 4.98 Å². The van der Waals surface area contributed by atoms with Crippen LogP contribution in [-0.4, -0.2) is 27.2 Å². The minimum atomic E-state index is -0.881. The molecule has 1 heterocycles. The first-order chi connectivity index (χ1) is 7.74. The fourth-order valence-electron chi connectivity index (χ4n) is 1.77. The first-order valence-corrected chi connectivity index (χ1v) is 5.08. The minimum absolute atomic E-state index is 0.337. The predicted octanol–water partition coefficient (Wildman–Crippen LogP) is 1.01. The van der Waals surface area contributed by atoms with E-state index >= 15 is 0 Å². The number of imidazole rings is 1. The van der Waals surface area contributed by atoms with Crippen LogP contribution in [0.1, 0.15) is 12.5 Å². The zero-order valence-electron chi connectivity index (χ0n) is 8.71. The van der Waals surface area contributed by atoms with Crippen molar-refractivity contribution < 1.29 is 9.90 Å². The fraction of sp³-hybridized carbons (Fsp3) is 0.273. The zero-order chi connectivity index (χ0) is 11.5. The zero-order valence-corrected chi connectivity index (χ0v) is 8.71. The van der Waals surface area contributed by atoms with Crippen molar-refractivity contribution in [1.29, 1.82) is 0 Å². The molecule has 1 aromatic heterocycles. The second-order valence-electron chi connectivity index (χ2n) is 3.57. The van der Waals surface area contributed by atoms with E-state index in [1.54, 1.807) is 10.9 Å². The number of carboxylic acid groups (broad SMARTS) is 1. The second-order valence-corrected chi connectivity index (χ2v) is 3.57. The van der Waals surface area contributed by atoms with Gasteiger partial charge in [-0.1, -0.05) is 12.1 Å². The van der Waals surface area contributed by atoms with Crippen molar-refractivity contribution in [1.82, 2.24) is 9.55 Å². The van der Waals surface area contributed by atoms with Gasteiger partial charge in [0.15, 0.2) is 0 Å². The Morgan fingerprint density at radius 2 is 2.25 bits per heavy atom. The smallest absolute Gasteiger partial charge is 0.326 e. The van der Waals surface area contributed by atoms with E-state index < -0.39 is 12.0 Å². The molecular weight excluding hydrogens is 206 g/mol. The first kappa shape index (κ1) is 10.6. The molecule has 0 aliphatic carbocycles. The third kappa shape index (κ3) is 1.77. The SMILES string of the molecule is NCCC(C(=O)O)n1cnc2ccccc21. The topological polar surface area (TPSA) is 81.1 Å². The van der Waals surface area contributed by atoms with E-state index in [0.29, 0.717) is 13.0 Å². The molecule has 3 N–H and O–H groups in total. The van der Waals surface area contributed by atoms with Gasteiger partial charge in [-0.05, 0) is 25.1 Å². The summed E-state index contributed by atoms with van der Waals surface area (Å²) in [7, 11) is 0. The Hall–Kier alpha value is -1.88. The van der Waals surface area contributed by atoms with E-state index in [1.165, 1.54) is 0 Å². The number of hydrogen-bond donors (Lipinski definition) is 2. The largest absolute Gasteiger partial charge is 0.480 e. The van der Waals surface area contributed by atoms with Crippen molar-refractivity contribution in [2.45, 2.75) is 12.5 Å². The number of nitrogens with two attached hydrogens (primary N) is 1. The molecular formula is C11H13N3O2. The molecule has 84 valence electrons. The quantitative estimate of drug-likeness (QED) is 0.804. The van der Waals surface area contributed by atoms with Gasteiger partial charge in [-0.2, -0.15) is 0 Å². The number of aliphatic carboxylic acids is 1. The number of hydrogen-bond acceptors (Lipinski definition) is 3. The molecule has 2 rings (SSSR count). The average molecular weight is 219 g/mol. The summed E-state index contributed by atoms with van der Waals surface area (Å²) in [4.78, 5) is 15.3. The highest BCUT2D eigenvalue weighted by atomic mass is 16.4. The summed E-state index contributed by atoms with van der Waals surface area (Å²) in [5.74, 6) is -0.881. The Morgan fingerprint density at radius 3 is 2.94 bits per heavy atom. The van der Waals surface area contributed by atoms with E-state index in [0.717, 1.165) is 11.0 Å². The van der Waals surface area contributed by atoms with E-state index in [4.69, 9.17) is 10.8 Å². The van der Waals surface area contributed by atoms with Crippen molar-refractivity contribution >= 4 is 17.0 Å². The molecule has 1 aromatic carbocycles. The summed E-state index contributed by atoms with van der Waals surface area (Å²) in [5, 5.41) is 9.13.